The topological polar surface area (TPSA) is 111 Å². The van der Waals surface area contributed by atoms with E-state index in [0.717, 1.165) is 19.3 Å². The first-order valence-corrected chi connectivity index (χ1v) is 7.21. The fraction of sp³-hybridized carbons (Fsp3) is 0.786. The Balaban J connectivity index is 2.42. The lowest BCUT2D eigenvalue weighted by atomic mass is 9.74. The van der Waals surface area contributed by atoms with Crippen molar-refractivity contribution in [2.75, 3.05) is 13.7 Å². The maximum absolute atomic E-state index is 11.9. The van der Waals surface area contributed by atoms with Gasteiger partial charge in [-0.3, -0.25) is 14.4 Å². The molecule has 1 aliphatic rings. The molecule has 0 aromatic carbocycles. The van der Waals surface area contributed by atoms with Crippen LogP contribution in [0.3, 0.4) is 0 Å². The molecule has 0 radical (unpaired) electrons. The molecule has 0 saturated heterocycles. The number of nitrogens with two attached hydrogens (primary N) is 1. The summed E-state index contributed by atoms with van der Waals surface area (Å²) in [7, 11) is 1.32. The molecule has 1 atom stereocenters. The average Bonchev–Trinajstić information content (AvgIpc) is 2.40. The molecule has 7 nitrogen and oxygen atoms in total. The number of amides is 2. The molecule has 4 N–H and O–H groups in total. The van der Waals surface area contributed by atoms with Crippen molar-refractivity contribution in [3.05, 3.63) is 0 Å². The van der Waals surface area contributed by atoms with Gasteiger partial charge in [-0.2, -0.15) is 0 Å². The third kappa shape index (κ3) is 5.00. The zero-order valence-electron chi connectivity index (χ0n) is 12.9. The first kappa shape index (κ1) is 17.4. The van der Waals surface area contributed by atoms with Gasteiger partial charge < -0.3 is 21.1 Å². The highest BCUT2D eigenvalue weighted by molar-refractivity contribution is 5.88. The predicted molar refractivity (Wildman–Crippen MR) is 77.2 cm³/mol. The van der Waals surface area contributed by atoms with Gasteiger partial charge in [-0.15, -0.1) is 0 Å². The van der Waals surface area contributed by atoms with Gasteiger partial charge in [0.1, 0.15) is 0 Å². The summed E-state index contributed by atoms with van der Waals surface area (Å²) in [5.74, 6) is -1.01. The van der Waals surface area contributed by atoms with Crippen LogP contribution in [0.1, 0.15) is 39.5 Å². The van der Waals surface area contributed by atoms with Gasteiger partial charge in [-0.05, 0) is 25.2 Å². The molecule has 0 unspecified atom stereocenters. The number of ether oxygens (including phenoxy) is 1. The fourth-order valence-corrected chi connectivity index (χ4v) is 2.23. The summed E-state index contributed by atoms with van der Waals surface area (Å²) in [6, 6.07) is -0.634. The van der Waals surface area contributed by atoms with Gasteiger partial charge >= 0.3 is 5.97 Å². The zero-order chi connectivity index (χ0) is 16.0. The summed E-state index contributed by atoms with van der Waals surface area (Å²) in [6.07, 6.45) is 2.61. The summed E-state index contributed by atoms with van der Waals surface area (Å²) in [4.78, 5) is 34.9. The minimum absolute atomic E-state index is 0.00496. The third-order valence-electron chi connectivity index (χ3n) is 3.87. The van der Waals surface area contributed by atoms with Crippen LogP contribution >= 0.6 is 0 Å². The van der Waals surface area contributed by atoms with Crippen LogP contribution in [0.2, 0.25) is 0 Å². The second-order valence-corrected chi connectivity index (χ2v) is 5.92. The molecule has 1 saturated carbocycles. The molecule has 7 heteroatoms. The van der Waals surface area contributed by atoms with E-state index in [1.54, 1.807) is 0 Å². The molecule has 2 amide bonds. The summed E-state index contributed by atoms with van der Waals surface area (Å²) in [5, 5.41) is 5.33. The molecule has 0 heterocycles. The van der Waals surface area contributed by atoms with Crippen molar-refractivity contribution in [3.8, 4) is 0 Å². The molecule has 0 bridgehead atoms. The number of carbonyl (C=O) groups is 3. The minimum Gasteiger partial charge on any atom is -0.469 e. The van der Waals surface area contributed by atoms with Crippen LogP contribution in [-0.2, 0) is 19.1 Å². The van der Waals surface area contributed by atoms with Gasteiger partial charge in [0.25, 0.3) is 0 Å². The minimum atomic E-state index is -0.634. The molecule has 1 rings (SSSR count). The summed E-state index contributed by atoms with van der Waals surface area (Å²) in [5.41, 5.74) is 5.17. The number of esters is 1. The molecule has 21 heavy (non-hydrogen) atoms. The molecule has 0 aliphatic heterocycles. The van der Waals surface area contributed by atoms with Gasteiger partial charge in [0.15, 0.2) is 0 Å². The van der Waals surface area contributed by atoms with E-state index in [-0.39, 0.29) is 36.7 Å². The summed E-state index contributed by atoms with van der Waals surface area (Å²) >= 11 is 0. The second kappa shape index (κ2) is 7.40. The van der Waals surface area contributed by atoms with Crippen LogP contribution in [0, 0.1) is 5.92 Å². The van der Waals surface area contributed by atoms with E-state index in [2.05, 4.69) is 15.4 Å². The summed E-state index contributed by atoms with van der Waals surface area (Å²) < 4.78 is 4.64. The predicted octanol–water partition coefficient (Wildman–Crippen LogP) is -0.312. The lowest BCUT2D eigenvalue weighted by molar-refractivity contribution is -0.144. The van der Waals surface area contributed by atoms with Crippen molar-refractivity contribution in [2.45, 2.75) is 51.1 Å². The van der Waals surface area contributed by atoms with Crippen molar-refractivity contribution < 1.29 is 19.1 Å². The van der Waals surface area contributed by atoms with E-state index in [4.69, 9.17) is 5.73 Å². The van der Waals surface area contributed by atoms with Crippen molar-refractivity contribution >= 4 is 17.8 Å². The third-order valence-corrected chi connectivity index (χ3v) is 3.87. The maximum Gasteiger partial charge on any atom is 0.307 e. The maximum atomic E-state index is 11.9. The van der Waals surface area contributed by atoms with Crippen molar-refractivity contribution in [3.63, 3.8) is 0 Å². The van der Waals surface area contributed by atoms with E-state index in [1.165, 1.54) is 7.11 Å². The van der Waals surface area contributed by atoms with E-state index in [9.17, 15) is 14.4 Å². The smallest absolute Gasteiger partial charge is 0.307 e. The van der Waals surface area contributed by atoms with Gasteiger partial charge in [0.05, 0.1) is 31.7 Å². The normalized spacial score (nSPS) is 17.6. The van der Waals surface area contributed by atoms with Crippen LogP contribution in [0.25, 0.3) is 0 Å². The molecule has 0 spiro atoms. The number of carbonyl (C=O) groups excluding carboxylic acids is 3. The Morgan fingerprint density at radius 3 is 2.33 bits per heavy atom. The van der Waals surface area contributed by atoms with Gasteiger partial charge in [0, 0.05) is 0 Å². The van der Waals surface area contributed by atoms with Crippen LogP contribution < -0.4 is 16.4 Å². The van der Waals surface area contributed by atoms with E-state index in [0.29, 0.717) is 0 Å². The standard InChI is InChI=1S/C14H25N3O4/c1-9(2)12(15)13(20)16-8-10(18)17-14(5-4-6-14)7-11(19)21-3/h9,12H,4-8,15H2,1-3H3,(H,16,20)(H,17,18)/t12-/m0/s1. The SMILES string of the molecule is COC(=O)CC1(NC(=O)CNC(=O)[C@@H](N)C(C)C)CCC1. The van der Waals surface area contributed by atoms with Crippen LogP contribution in [-0.4, -0.2) is 43.0 Å². The Morgan fingerprint density at radius 2 is 1.90 bits per heavy atom. The average molecular weight is 299 g/mol. The molecule has 1 aliphatic carbocycles. The highest BCUT2D eigenvalue weighted by Crippen LogP contribution is 2.35. The fourth-order valence-electron chi connectivity index (χ4n) is 2.23. The Labute approximate surface area is 125 Å². The van der Waals surface area contributed by atoms with Crippen molar-refractivity contribution in [1.29, 1.82) is 0 Å². The molecule has 1 fully saturated rings. The largest absolute Gasteiger partial charge is 0.469 e. The van der Waals surface area contributed by atoms with Crippen LogP contribution in [0.4, 0.5) is 0 Å². The molecular formula is C14H25N3O4. The highest BCUT2D eigenvalue weighted by Gasteiger charge is 2.40. The first-order valence-electron chi connectivity index (χ1n) is 7.21. The first-order chi connectivity index (χ1) is 9.79. The van der Waals surface area contributed by atoms with Crippen molar-refractivity contribution in [1.82, 2.24) is 10.6 Å². The quantitative estimate of drug-likeness (QED) is 0.558. The van der Waals surface area contributed by atoms with Gasteiger partial charge in [-0.1, -0.05) is 13.8 Å². The molecule has 120 valence electrons. The zero-order valence-corrected chi connectivity index (χ0v) is 12.9. The van der Waals surface area contributed by atoms with Gasteiger partial charge in [-0.25, -0.2) is 0 Å². The number of hydrogen-bond donors (Lipinski definition) is 3. The number of hydrogen-bond acceptors (Lipinski definition) is 5. The van der Waals surface area contributed by atoms with Crippen LogP contribution in [0.5, 0.6) is 0 Å². The Hall–Kier alpha value is -1.63. The molecule has 0 aromatic rings. The Kier molecular flexibility index (Phi) is 6.14. The monoisotopic (exact) mass is 299 g/mol. The second-order valence-electron chi connectivity index (χ2n) is 5.92. The lowest BCUT2D eigenvalue weighted by Gasteiger charge is -2.41. The van der Waals surface area contributed by atoms with Crippen LogP contribution in [0.15, 0.2) is 0 Å². The molecular weight excluding hydrogens is 274 g/mol. The number of rotatable bonds is 7. The Morgan fingerprint density at radius 1 is 1.29 bits per heavy atom. The lowest BCUT2D eigenvalue weighted by Crippen LogP contribution is -2.57. The van der Waals surface area contributed by atoms with Crippen molar-refractivity contribution in [2.24, 2.45) is 11.7 Å². The number of methoxy groups -OCH3 is 1. The molecule has 0 aromatic heterocycles. The van der Waals surface area contributed by atoms with E-state index >= 15 is 0 Å². The highest BCUT2D eigenvalue weighted by atomic mass is 16.5. The number of nitrogens with one attached hydrogen (secondary N) is 2. The Bertz CT molecular complexity index is 405. The van der Waals surface area contributed by atoms with Gasteiger partial charge in [0.2, 0.25) is 11.8 Å². The summed E-state index contributed by atoms with van der Waals surface area (Å²) in [6.45, 7) is 3.54. The van der Waals surface area contributed by atoms with E-state index in [1.807, 2.05) is 13.8 Å². The van der Waals surface area contributed by atoms with E-state index < -0.39 is 11.6 Å².